The molecular formula is C23H24N2O7S2. The van der Waals surface area contributed by atoms with E-state index >= 15 is 0 Å². The zero-order chi connectivity index (χ0) is 24.7. The molecule has 11 heteroatoms. The molecule has 0 saturated heterocycles. The number of nitrogens with one attached hydrogen (secondary N) is 1. The number of anilines is 2. The SMILES string of the molecule is COc1ccccc1NC(=O)C(C)OC(=O)COc1ccc(N(C)S(=O)(=O)c2cccs2)cc1. The molecule has 0 aliphatic heterocycles. The number of carbonyl (C=O) groups is 2. The number of ether oxygens (including phenoxy) is 3. The van der Waals surface area contributed by atoms with Crippen LogP contribution in [0, 0.1) is 0 Å². The molecule has 0 spiro atoms. The molecule has 0 bridgehead atoms. The lowest BCUT2D eigenvalue weighted by Crippen LogP contribution is -2.31. The third-order valence-corrected chi connectivity index (χ3v) is 7.87. The van der Waals surface area contributed by atoms with Gasteiger partial charge in [0.15, 0.2) is 12.7 Å². The smallest absolute Gasteiger partial charge is 0.344 e. The zero-order valence-corrected chi connectivity index (χ0v) is 20.4. The third-order valence-electron chi connectivity index (χ3n) is 4.71. The number of sulfonamides is 1. The van der Waals surface area contributed by atoms with E-state index in [2.05, 4.69) is 5.32 Å². The van der Waals surface area contributed by atoms with Crippen molar-refractivity contribution in [3.8, 4) is 11.5 Å². The van der Waals surface area contributed by atoms with Crippen LogP contribution in [0.5, 0.6) is 11.5 Å². The van der Waals surface area contributed by atoms with E-state index in [-0.39, 0.29) is 4.21 Å². The van der Waals surface area contributed by atoms with Gasteiger partial charge in [-0.2, -0.15) is 0 Å². The van der Waals surface area contributed by atoms with E-state index in [0.29, 0.717) is 22.9 Å². The van der Waals surface area contributed by atoms with Gasteiger partial charge in [-0.1, -0.05) is 18.2 Å². The summed E-state index contributed by atoms with van der Waals surface area (Å²) in [6.07, 6.45) is -1.06. The average Bonchev–Trinajstić information content (AvgIpc) is 3.39. The van der Waals surface area contributed by atoms with Crippen LogP contribution < -0.4 is 19.1 Å². The standard InChI is InChI=1S/C23H24N2O7S2/c1-16(23(27)24-19-7-4-5-8-20(19)30-3)32-21(26)15-31-18-12-10-17(11-13-18)25(2)34(28,29)22-9-6-14-33-22/h4-14,16H,15H2,1-3H3,(H,24,27). The summed E-state index contributed by atoms with van der Waals surface area (Å²) in [5.41, 5.74) is 0.894. The quantitative estimate of drug-likeness (QED) is 0.421. The fraction of sp³-hybridized carbons (Fsp3) is 0.217. The molecule has 0 radical (unpaired) electrons. The van der Waals surface area contributed by atoms with Crippen molar-refractivity contribution >= 4 is 44.6 Å². The molecule has 9 nitrogen and oxygen atoms in total. The number of carbonyl (C=O) groups excluding carboxylic acids is 2. The summed E-state index contributed by atoms with van der Waals surface area (Å²) in [5.74, 6) is -0.426. The summed E-state index contributed by atoms with van der Waals surface area (Å²) in [6.45, 7) is 1.02. The van der Waals surface area contributed by atoms with E-state index < -0.39 is 34.6 Å². The van der Waals surface area contributed by atoms with Crippen LogP contribution in [-0.2, 0) is 24.3 Å². The fourth-order valence-electron chi connectivity index (χ4n) is 2.85. The van der Waals surface area contributed by atoms with Gasteiger partial charge in [-0.25, -0.2) is 13.2 Å². The Hall–Kier alpha value is -3.57. The molecule has 2 aromatic carbocycles. The van der Waals surface area contributed by atoms with Crippen LogP contribution in [0.3, 0.4) is 0 Å². The van der Waals surface area contributed by atoms with Gasteiger partial charge in [0.2, 0.25) is 0 Å². The van der Waals surface area contributed by atoms with Crippen molar-refractivity contribution in [3.63, 3.8) is 0 Å². The Bertz CT molecular complexity index is 1230. The van der Waals surface area contributed by atoms with Gasteiger partial charge in [0.25, 0.3) is 15.9 Å². The summed E-state index contributed by atoms with van der Waals surface area (Å²) in [7, 11) is -0.702. The van der Waals surface area contributed by atoms with Crippen LogP contribution in [0.4, 0.5) is 11.4 Å². The largest absolute Gasteiger partial charge is 0.495 e. The predicted molar refractivity (Wildman–Crippen MR) is 129 cm³/mol. The molecule has 0 saturated carbocycles. The topological polar surface area (TPSA) is 111 Å². The van der Waals surface area contributed by atoms with Gasteiger partial charge < -0.3 is 19.5 Å². The number of hydrogen-bond donors (Lipinski definition) is 1. The van der Waals surface area contributed by atoms with Crippen LogP contribution in [0.15, 0.2) is 70.3 Å². The Balaban J connectivity index is 1.51. The van der Waals surface area contributed by atoms with Crippen molar-refractivity contribution in [1.82, 2.24) is 0 Å². The van der Waals surface area contributed by atoms with Gasteiger partial charge in [0, 0.05) is 7.05 Å². The molecule has 3 aromatic rings. The molecule has 34 heavy (non-hydrogen) atoms. The first kappa shape index (κ1) is 25.1. The van der Waals surface area contributed by atoms with E-state index in [1.54, 1.807) is 60.0 Å². The summed E-state index contributed by atoms with van der Waals surface area (Å²) in [4.78, 5) is 24.4. The van der Waals surface area contributed by atoms with Crippen LogP contribution in [0.1, 0.15) is 6.92 Å². The normalized spacial score (nSPS) is 11.9. The lowest BCUT2D eigenvalue weighted by Gasteiger charge is -2.19. The van der Waals surface area contributed by atoms with E-state index in [1.165, 1.54) is 31.5 Å². The summed E-state index contributed by atoms with van der Waals surface area (Å²) >= 11 is 1.14. The van der Waals surface area contributed by atoms with E-state index in [4.69, 9.17) is 14.2 Å². The Kier molecular flexibility index (Phi) is 8.13. The first-order valence-corrected chi connectivity index (χ1v) is 12.4. The number of methoxy groups -OCH3 is 1. The molecule has 1 amide bonds. The first-order chi connectivity index (χ1) is 16.2. The van der Waals surface area contributed by atoms with Crippen LogP contribution in [-0.4, -0.2) is 47.2 Å². The zero-order valence-electron chi connectivity index (χ0n) is 18.8. The summed E-state index contributed by atoms with van der Waals surface area (Å²) < 4.78 is 42.3. The van der Waals surface area contributed by atoms with Crippen LogP contribution in [0.25, 0.3) is 0 Å². The van der Waals surface area contributed by atoms with Gasteiger partial charge in [-0.15, -0.1) is 11.3 Å². The van der Waals surface area contributed by atoms with Crippen LogP contribution >= 0.6 is 11.3 Å². The third kappa shape index (κ3) is 6.06. The molecule has 3 rings (SSSR count). The Labute approximate surface area is 201 Å². The second-order valence-corrected chi connectivity index (χ2v) is 10.2. The number of nitrogens with zero attached hydrogens (tertiary/aromatic N) is 1. The molecule has 0 aliphatic carbocycles. The van der Waals surface area contributed by atoms with Crippen molar-refractivity contribution in [3.05, 3.63) is 66.0 Å². The van der Waals surface area contributed by atoms with Gasteiger partial charge in [-0.3, -0.25) is 9.10 Å². The maximum atomic E-state index is 12.6. The molecular weight excluding hydrogens is 480 g/mol. The lowest BCUT2D eigenvalue weighted by molar-refractivity contribution is -0.155. The van der Waals surface area contributed by atoms with Crippen molar-refractivity contribution in [2.75, 3.05) is 30.4 Å². The van der Waals surface area contributed by atoms with Gasteiger partial charge >= 0.3 is 5.97 Å². The minimum absolute atomic E-state index is 0.238. The van der Waals surface area contributed by atoms with Gasteiger partial charge in [0.1, 0.15) is 15.7 Å². The highest BCUT2D eigenvalue weighted by Gasteiger charge is 2.22. The molecule has 1 N–H and O–H groups in total. The monoisotopic (exact) mass is 504 g/mol. The number of esters is 1. The van der Waals surface area contributed by atoms with E-state index in [0.717, 1.165) is 11.3 Å². The highest BCUT2D eigenvalue weighted by atomic mass is 32.2. The number of para-hydroxylation sites is 2. The number of amides is 1. The molecule has 0 aliphatic rings. The minimum Gasteiger partial charge on any atom is -0.495 e. The van der Waals surface area contributed by atoms with E-state index in [1.807, 2.05) is 0 Å². The molecule has 0 fully saturated rings. The second-order valence-electron chi connectivity index (χ2n) is 7.01. The lowest BCUT2D eigenvalue weighted by atomic mass is 10.2. The highest BCUT2D eigenvalue weighted by Crippen LogP contribution is 2.27. The van der Waals surface area contributed by atoms with Gasteiger partial charge in [-0.05, 0) is 54.8 Å². The van der Waals surface area contributed by atoms with Gasteiger partial charge in [0.05, 0.1) is 18.5 Å². The number of benzene rings is 2. The minimum atomic E-state index is -3.64. The van der Waals surface area contributed by atoms with Crippen molar-refractivity contribution in [2.24, 2.45) is 0 Å². The fourth-order valence-corrected chi connectivity index (χ4v) is 5.20. The summed E-state index contributed by atoms with van der Waals surface area (Å²) in [6, 6.07) is 16.3. The predicted octanol–water partition coefficient (Wildman–Crippen LogP) is 3.53. The van der Waals surface area contributed by atoms with Crippen LogP contribution in [0.2, 0.25) is 0 Å². The maximum absolute atomic E-state index is 12.6. The highest BCUT2D eigenvalue weighted by molar-refractivity contribution is 7.94. The first-order valence-electron chi connectivity index (χ1n) is 10.1. The Morgan fingerprint density at radius 2 is 1.76 bits per heavy atom. The average molecular weight is 505 g/mol. The van der Waals surface area contributed by atoms with Crippen molar-refractivity contribution in [1.29, 1.82) is 0 Å². The number of hydrogen-bond acceptors (Lipinski definition) is 8. The number of thiophene rings is 1. The molecule has 1 atom stereocenters. The Morgan fingerprint density at radius 3 is 2.41 bits per heavy atom. The molecule has 1 aromatic heterocycles. The molecule has 180 valence electrons. The van der Waals surface area contributed by atoms with E-state index in [9.17, 15) is 18.0 Å². The summed E-state index contributed by atoms with van der Waals surface area (Å²) in [5, 5.41) is 4.34. The number of rotatable bonds is 10. The van der Waals surface area contributed by atoms with Crippen molar-refractivity contribution < 1.29 is 32.2 Å². The molecule has 1 heterocycles. The molecule has 1 unspecified atom stereocenters. The second kappa shape index (κ2) is 11.0. The maximum Gasteiger partial charge on any atom is 0.344 e. The Morgan fingerprint density at radius 1 is 1.06 bits per heavy atom. The van der Waals surface area contributed by atoms with Crippen molar-refractivity contribution in [2.45, 2.75) is 17.2 Å².